The van der Waals surface area contributed by atoms with E-state index in [1.165, 1.54) is 12.8 Å². The highest BCUT2D eigenvalue weighted by Crippen LogP contribution is 2.28. The average Bonchev–Trinajstić information content (AvgIpc) is 3.18. The van der Waals surface area contributed by atoms with E-state index in [2.05, 4.69) is 5.32 Å². The highest BCUT2D eigenvalue weighted by atomic mass is 35.5. The predicted octanol–water partition coefficient (Wildman–Crippen LogP) is 2.06. The summed E-state index contributed by atoms with van der Waals surface area (Å²) in [5.41, 5.74) is 0.345. The van der Waals surface area contributed by atoms with Gasteiger partial charge in [0.15, 0.2) is 12.9 Å². The van der Waals surface area contributed by atoms with Crippen LogP contribution in [0.4, 0.5) is 0 Å². The lowest BCUT2D eigenvalue weighted by atomic mass is 10.2. The molecule has 0 atom stereocenters. The minimum absolute atomic E-state index is 0.128. The molecule has 2 rings (SSSR count). The summed E-state index contributed by atoms with van der Waals surface area (Å²) in [6.45, 7) is 0.572. The van der Waals surface area contributed by atoms with Crippen LogP contribution in [0.25, 0.3) is 0 Å². The number of nitrogens with one attached hydrogen (secondary N) is 1. The molecule has 1 amide bonds. The number of carbonyl (C=O) groups is 2. The number of rotatable bonds is 6. The third kappa shape index (κ3) is 3.47. The van der Waals surface area contributed by atoms with Crippen molar-refractivity contribution < 1.29 is 14.3 Å². The molecular weight excluding hydrogens is 254 g/mol. The molecule has 0 saturated heterocycles. The van der Waals surface area contributed by atoms with Crippen molar-refractivity contribution in [3.05, 3.63) is 28.8 Å². The highest BCUT2D eigenvalue weighted by molar-refractivity contribution is 6.32. The van der Waals surface area contributed by atoms with Gasteiger partial charge in [-0.1, -0.05) is 17.7 Å². The van der Waals surface area contributed by atoms with Crippen LogP contribution in [-0.2, 0) is 4.79 Å². The van der Waals surface area contributed by atoms with E-state index < -0.39 is 0 Å². The van der Waals surface area contributed by atoms with Crippen molar-refractivity contribution in [2.45, 2.75) is 12.8 Å². The number of amides is 1. The van der Waals surface area contributed by atoms with Crippen molar-refractivity contribution >= 4 is 23.8 Å². The number of para-hydroxylation sites is 1. The van der Waals surface area contributed by atoms with Crippen molar-refractivity contribution in [3.63, 3.8) is 0 Å². The van der Waals surface area contributed by atoms with Crippen LogP contribution >= 0.6 is 11.6 Å². The van der Waals surface area contributed by atoms with Crippen LogP contribution in [0.3, 0.4) is 0 Å². The van der Waals surface area contributed by atoms with Gasteiger partial charge >= 0.3 is 0 Å². The van der Waals surface area contributed by atoms with E-state index in [4.69, 9.17) is 16.3 Å². The number of aldehydes is 1. The first-order chi connectivity index (χ1) is 8.70. The highest BCUT2D eigenvalue weighted by Gasteiger charge is 2.21. The summed E-state index contributed by atoms with van der Waals surface area (Å²) < 4.78 is 5.30. The van der Waals surface area contributed by atoms with E-state index in [1.807, 2.05) is 0 Å². The summed E-state index contributed by atoms with van der Waals surface area (Å²) in [7, 11) is 0. The Morgan fingerprint density at radius 3 is 2.94 bits per heavy atom. The van der Waals surface area contributed by atoms with Crippen molar-refractivity contribution in [2.24, 2.45) is 5.92 Å². The van der Waals surface area contributed by atoms with E-state index in [0.29, 0.717) is 29.3 Å². The van der Waals surface area contributed by atoms with Crippen LogP contribution in [0.5, 0.6) is 5.75 Å². The average molecular weight is 268 g/mol. The lowest BCUT2D eigenvalue weighted by Gasteiger charge is -2.10. The first kappa shape index (κ1) is 12.9. The Morgan fingerprint density at radius 2 is 2.28 bits per heavy atom. The summed E-state index contributed by atoms with van der Waals surface area (Å²) >= 11 is 5.91. The topological polar surface area (TPSA) is 55.4 Å². The molecule has 18 heavy (non-hydrogen) atoms. The molecule has 1 N–H and O–H groups in total. The maximum absolute atomic E-state index is 11.5. The van der Waals surface area contributed by atoms with Gasteiger partial charge in [0.25, 0.3) is 5.91 Å². The van der Waals surface area contributed by atoms with Gasteiger partial charge in [-0.15, -0.1) is 0 Å². The summed E-state index contributed by atoms with van der Waals surface area (Å²) in [6.07, 6.45) is 3.02. The Hall–Kier alpha value is -1.55. The van der Waals surface area contributed by atoms with Gasteiger partial charge in [0.1, 0.15) is 5.75 Å². The Bertz CT molecular complexity index is 458. The first-order valence-electron chi connectivity index (χ1n) is 5.84. The van der Waals surface area contributed by atoms with Gasteiger partial charge in [0.2, 0.25) is 0 Å². The van der Waals surface area contributed by atoms with Crippen LogP contribution in [0.1, 0.15) is 23.2 Å². The fourth-order valence-corrected chi connectivity index (χ4v) is 1.78. The molecule has 1 saturated carbocycles. The second-order valence-electron chi connectivity index (χ2n) is 4.31. The molecule has 0 aromatic heterocycles. The summed E-state index contributed by atoms with van der Waals surface area (Å²) in [5.74, 6) is 0.689. The third-order valence-corrected chi connectivity index (χ3v) is 3.05. The molecule has 96 valence electrons. The Labute approximate surface area is 110 Å². The quantitative estimate of drug-likeness (QED) is 0.803. The molecule has 0 bridgehead atoms. The van der Waals surface area contributed by atoms with E-state index in [-0.39, 0.29) is 18.3 Å². The maximum Gasteiger partial charge on any atom is 0.257 e. The molecular formula is C13H14ClNO3. The number of halogens is 1. The van der Waals surface area contributed by atoms with Gasteiger partial charge in [0, 0.05) is 6.54 Å². The maximum atomic E-state index is 11.5. The number of ether oxygens (including phenoxy) is 1. The van der Waals surface area contributed by atoms with Crippen LogP contribution in [0, 0.1) is 5.92 Å². The Balaban J connectivity index is 1.88. The molecule has 1 aromatic carbocycles. The smallest absolute Gasteiger partial charge is 0.257 e. The zero-order valence-corrected chi connectivity index (χ0v) is 10.6. The summed E-state index contributed by atoms with van der Waals surface area (Å²) in [6, 6.07) is 4.87. The Morgan fingerprint density at radius 1 is 1.50 bits per heavy atom. The second-order valence-corrected chi connectivity index (χ2v) is 4.72. The predicted molar refractivity (Wildman–Crippen MR) is 68.1 cm³/mol. The summed E-state index contributed by atoms with van der Waals surface area (Å²) in [4.78, 5) is 22.3. The number of hydrogen-bond donors (Lipinski definition) is 1. The van der Waals surface area contributed by atoms with Gasteiger partial charge in [-0.25, -0.2) is 0 Å². The van der Waals surface area contributed by atoms with Gasteiger partial charge in [-0.05, 0) is 30.9 Å². The van der Waals surface area contributed by atoms with E-state index >= 15 is 0 Å². The number of carbonyl (C=O) groups excluding carboxylic acids is 2. The van der Waals surface area contributed by atoms with Crippen molar-refractivity contribution in [1.29, 1.82) is 0 Å². The van der Waals surface area contributed by atoms with Crippen LogP contribution in [-0.4, -0.2) is 25.3 Å². The van der Waals surface area contributed by atoms with Gasteiger partial charge in [-0.2, -0.15) is 0 Å². The molecule has 5 heteroatoms. The molecule has 1 aliphatic carbocycles. The molecule has 0 heterocycles. The largest absolute Gasteiger partial charge is 0.481 e. The van der Waals surface area contributed by atoms with E-state index in [9.17, 15) is 9.59 Å². The normalized spacial score (nSPS) is 14.1. The zero-order valence-electron chi connectivity index (χ0n) is 9.82. The zero-order chi connectivity index (χ0) is 13.0. The monoisotopic (exact) mass is 267 g/mol. The van der Waals surface area contributed by atoms with E-state index in [0.717, 1.165) is 0 Å². The standard InChI is InChI=1S/C13H14ClNO3/c14-11-3-1-2-10(7-16)13(11)18-8-12(17)15-6-9-4-5-9/h1-3,7,9H,4-6,8H2,(H,15,17). The second kappa shape index (κ2) is 5.87. The summed E-state index contributed by atoms with van der Waals surface area (Å²) in [5, 5.41) is 3.10. The number of benzene rings is 1. The SMILES string of the molecule is O=Cc1cccc(Cl)c1OCC(=O)NCC1CC1. The van der Waals surface area contributed by atoms with Crippen LogP contribution in [0.15, 0.2) is 18.2 Å². The lowest BCUT2D eigenvalue weighted by Crippen LogP contribution is -2.30. The van der Waals surface area contributed by atoms with Crippen LogP contribution < -0.4 is 10.1 Å². The third-order valence-electron chi connectivity index (χ3n) is 2.76. The van der Waals surface area contributed by atoms with Gasteiger partial charge < -0.3 is 10.1 Å². The first-order valence-corrected chi connectivity index (χ1v) is 6.21. The molecule has 1 fully saturated rings. The fraction of sp³-hybridized carbons (Fsp3) is 0.385. The lowest BCUT2D eigenvalue weighted by molar-refractivity contribution is -0.123. The minimum atomic E-state index is -0.196. The molecule has 0 unspecified atom stereocenters. The Kier molecular flexibility index (Phi) is 4.20. The van der Waals surface area contributed by atoms with Crippen molar-refractivity contribution in [1.82, 2.24) is 5.32 Å². The number of hydrogen-bond acceptors (Lipinski definition) is 3. The molecule has 1 aliphatic rings. The van der Waals surface area contributed by atoms with Crippen molar-refractivity contribution in [3.8, 4) is 5.75 Å². The van der Waals surface area contributed by atoms with E-state index in [1.54, 1.807) is 18.2 Å². The van der Waals surface area contributed by atoms with Gasteiger partial charge in [-0.3, -0.25) is 9.59 Å². The molecule has 0 aliphatic heterocycles. The van der Waals surface area contributed by atoms with Crippen molar-refractivity contribution in [2.75, 3.05) is 13.2 Å². The van der Waals surface area contributed by atoms with Gasteiger partial charge in [0.05, 0.1) is 10.6 Å². The molecule has 1 aromatic rings. The molecule has 0 spiro atoms. The fourth-order valence-electron chi connectivity index (χ4n) is 1.54. The molecule has 4 nitrogen and oxygen atoms in total. The molecule has 0 radical (unpaired) electrons. The van der Waals surface area contributed by atoms with Crippen LogP contribution in [0.2, 0.25) is 5.02 Å². The minimum Gasteiger partial charge on any atom is -0.481 e.